The minimum absolute atomic E-state index is 0.830. The fourth-order valence-electron chi connectivity index (χ4n) is 1.40. The highest BCUT2D eigenvalue weighted by molar-refractivity contribution is 7.13. The lowest BCUT2D eigenvalue weighted by molar-refractivity contribution is 0.816. The Morgan fingerprint density at radius 1 is 1.40 bits per heavy atom. The standard InChI is InChI=1S/C13H18ClSi/c1-3-4-5-6-8-12-9-7-10-13(11-12)15(2)14/h6-11H,3-5H2,1-2H3. The number of allylic oxidation sites excluding steroid dienone is 1. The lowest BCUT2D eigenvalue weighted by Gasteiger charge is -2.01. The van der Waals surface area contributed by atoms with Gasteiger partial charge in [0.15, 0.2) is 8.11 Å². The molecule has 0 N–H and O–H groups in total. The average Bonchev–Trinajstić information content (AvgIpc) is 2.25. The summed E-state index contributed by atoms with van der Waals surface area (Å²) in [7, 11) is -0.830. The molecule has 0 unspecified atom stereocenters. The van der Waals surface area contributed by atoms with E-state index in [1.165, 1.54) is 30.0 Å². The summed E-state index contributed by atoms with van der Waals surface area (Å²) in [4.78, 5) is 0. The van der Waals surface area contributed by atoms with Crippen LogP contribution in [0.15, 0.2) is 30.3 Å². The number of hydrogen-bond donors (Lipinski definition) is 0. The number of hydrogen-bond acceptors (Lipinski definition) is 0. The van der Waals surface area contributed by atoms with E-state index >= 15 is 0 Å². The first-order chi connectivity index (χ1) is 7.24. The fourth-order valence-corrected chi connectivity index (χ4v) is 2.44. The summed E-state index contributed by atoms with van der Waals surface area (Å²) in [6.07, 6.45) is 8.15. The molecule has 0 aliphatic rings. The van der Waals surface area contributed by atoms with Gasteiger partial charge in [-0.2, -0.15) is 11.1 Å². The topological polar surface area (TPSA) is 0 Å². The van der Waals surface area contributed by atoms with Gasteiger partial charge in [0.05, 0.1) is 0 Å². The Morgan fingerprint density at radius 2 is 2.20 bits per heavy atom. The van der Waals surface area contributed by atoms with Crippen LogP contribution in [0.5, 0.6) is 0 Å². The van der Waals surface area contributed by atoms with Crippen molar-refractivity contribution in [1.82, 2.24) is 0 Å². The first-order valence-electron chi connectivity index (χ1n) is 5.50. The van der Waals surface area contributed by atoms with Crippen molar-refractivity contribution in [3.05, 3.63) is 35.9 Å². The highest BCUT2D eigenvalue weighted by atomic mass is 35.6. The summed E-state index contributed by atoms with van der Waals surface area (Å²) in [5.41, 5.74) is 1.27. The van der Waals surface area contributed by atoms with Crippen LogP contribution >= 0.6 is 11.1 Å². The van der Waals surface area contributed by atoms with Gasteiger partial charge in [-0.05, 0) is 17.2 Å². The van der Waals surface area contributed by atoms with Crippen LogP contribution in [0.2, 0.25) is 6.55 Å². The molecule has 0 saturated heterocycles. The number of halogens is 1. The minimum Gasteiger partial charge on any atom is -0.163 e. The van der Waals surface area contributed by atoms with E-state index in [4.69, 9.17) is 11.1 Å². The molecule has 0 fully saturated rings. The second-order valence-electron chi connectivity index (χ2n) is 3.70. The number of benzene rings is 1. The van der Waals surface area contributed by atoms with Crippen molar-refractivity contribution in [2.24, 2.45) is 0 Å². The maximum atomic E-state index is 6.14. The molecule has 1 rings (SSSR count). The van der Waals surface area contributed by atoms with Crippen LogP contribution < -0.4 is 5.19 Å². The minimum atomic E-state index is -0.830. The molecule has 81 valence electrons. The Balaban J connectivity index is 2.61. The zero-order valence-corrected chi connectivity index (χ0v) is 11.2. The highest BCUT2D eigenvalue weighted by Crippen LogP contribution is 2.04. The summed E-state index contributed by atoms with van der Waals surface area (Å²) >= 11 is 6.14. The molecule has 1 radical (unpaired) electrons. The quantitative estimate of drug-likeness (QED) is 0.413. The Morgan fingerprint density at radius 3 is 2.87 bits per heavy atom. The predicted molar refractivity (Wildman–Crippen MR) is 72.1 cm³/mol. The molecular weight excluding hydrogens is 220 g/mol. The van der Waals surface area contributed by atoms with Crippen molar-refractivity contribution in [2.45, 2.75) is 32.7 Å². The molecule has 15 heavy (non-hydrogen) atoms. The smallest absolute Gasteiger partial charge is 0.163 e. The summed E-state index contributed by atoms with van der Waals surface area (Å²) in [6.45, 7) is 4.32. The van der Waals surface area contributed by atoms with E-state index in [-0.39, 0.29) is 0 Å². The number of unbranched alkanes of at least 4 members (excludes halogenated alkanes) is 2. The molecule has 1 aromatic rings. The zero-order valence-electron chi connectivity index (χ0n) is 9.46. The summed E-state index contributed by atoms with van der Waals surface area (Å²) in [5.74, 6) is 0. The normalized spacial score (nSPS) is 11.5. The van der Waals surface area contributed by atoms with E-state index in [0.717, 1.165) is 0 Å². The summed E-state index contributed by atoms with van der Waals surface area (Å²) in [6, 6.07) is 8.54. The largest absolute Gasteiger partial charge is 0.196 e. The second kappa shape index (κ2) is 6.86. The van der Waals surface area contributed by atoms with Crippen molar-refractivity contribution in [1.29, 1.82) is 0 Å². The SMILES string of the molecule is CCCCC=Cc1cccc([Si](C)Cl)c1. The van der Waals surface area contributed by atoms with Gasteiger partial charge in [-0.15, -0.1) is 0 Å². The Kier molecular flexibility index (Phi) is 5.73. The first kappa shape index (κ1) is 12.5. The highest BCUT2D eigenvalue weighted by Gasteiger charge is 2.02. The van der Waals surface area contributed by atoms with E-state index < -0.39 is 8.11 Å². The zero-order chi connectivity index (χ0) is 11.1. The molecule has 0 aliphatic heterocycles. The molecule has 0 atom stereocenters. The first-order valence-corrected chi connectivity index (χ1v) is 8.51. The van der Waals surface area contributed by atoms with E-state index in [2.05, 4.69) is 49.9 Å². The van der Waals surface area contributed by atoms with Crippen molar-refractivity contribution in [2.75, 3.05) is 0 Å². The van der Waals surface area contributed by atoms with Crippen molar-refractivity contribution in [3.63, 3.8) is 0 Å². The van der Waals surface area contributed by atoms with Crippen LogP contribution in [-0.2, 0) is 0 Å². The molecule has 0 nitrogen and oxygen atoms in total. The van der Waals surface area contributed by atoms with Gasteiger partial charge in [-0.25, -0.2) is 0 Å². The van der Waals surface area contributed by atoms with Gasteiger partial charge in [0, 0.05) is 0 Å². The van der Waals surface area contributed by atoms with Crippen LogP contribution in [0.1, 0.15) is 31.7 Å². The molecule has 2 heteroatoms. The van der Waals surface area contributed by atoms with Crippen LogP contribution in [0.25, 0.3) is 6.08 Å². The Hall–Kier alpha value is -0.533. The van der Waals surface area contributed by atoms with Gasteiger partial charge in [-0.3, -0.25) is 0 Å². The van der Waals surface area contributed by atoms with E-state index in [9.17, 15) is 0 Å². The molecule has 0 amide bonds. The van der Waals surface area contributed by atoms with Crippen LogP contribution in [0, 0.1) is 0 Å². The summed E-state index contributed by atoms with van der Waals surface area (Å²) in [5, 5.41) is 1.29. The monoisotopic (exact) mass is 237 g/mol. The molecule has 0 aliphatic carbocycles. The van der Waals surface area contributed by atoms with Crippen LogP contribution in [0.3, 0.4) is 0 Å². The third-order valence-corrected chi connectivity index (χ3v) is 4.08. The fraction of sp³-hybridized carbons (Fsp3) is 0.385. The second-order valence-corrected chi connectivity index (χ2v) is 7.05. The Labute approximate surface area is 99.3 Å². The van der Waals surface area contributed by atoms with Gasteiger partial charge in [0.25, 0.3) is 0 Å². The van der Waals surface area contributed by atoms with Crippen molar-refractivity contribution in [3.8, 4) is 0 Å². The van der Waals surface area contributed by atoms with Crippen molar-refractivity contribution >= 4 is 30.4 Å². The Bertz CT molecular complexity index is 318. The van der Waals surface area contributed by atoms with Gasteiger partial charge < -0.3 is 0 Å². The van der Waals surface area contributed by atoms with Gasteiger partial charge in [0.2, 0.25) is 0 Å². The molecular formula is C13H18ClSi. The molecule has 0 aromatic heterocycles. The lowest BCUT2D eigenvalue weighted by Crippen LogP contribution is -2.19. The summed E-state index contributed by atoms with van der Waals surface area (Å²) < 4.78 is 0. The molecule has 0 heterocycles. The third-order valence-electron chi connectivity index (χ3n) is 2.32. The van der Waals surface area contributed by atoms with E-state index in [1.807, 2.05) is 0 Å². The van der Waals surface area contributed by atoms with Gasteiger partial charge in [-0.1, -0.05) is 62.7 Å². The lowest BCUT2D eigenvalue weighted by atomic mass is 10.2. The third kappa shape index (κ3) is 4.67. The van der Waals surface area contributed by atoms with E-state index in [0.29, 0.717) is 0 Å². The number of rotatable bonds is 5. The van der Waals surface area contributed by atoms with Crippen molar-refractivity contribution < 1.29 is 0 Å². The molecule has 1 aromatic carbocycles. The molecule has 0 saturated carbocycles. The van der Waals surface area contributed by atoms with E-state index in [1.54, 1.807) is 0 Å². The molecule has 0 spiro atoms. The van der Waals surface area contributed by atoms with Gasteiger partial charge >= 0.3 is 0 Å². The maximum Gasteiger partial charge on any atom is 0.196 e. The van der Waals surface area contributed by atoms with Crippen LogP contribution in [0.4, 0.5) is 0 Å². The molecule has 0 bridgehead atoms. The average molecular weight is 238 g/mol. The van der Waals surface area contributed by atoms with Crippen LogP contribution in [-0.4, -0.2) is 8.11 Å². The maximum absolute atomic E-state index is 6.14. The van der Waals surface area contributed by atoms with Gasteiger partial charge in [0.1, 0.15) is 0 Å². The predicted octanol–water partition coefficient (Wildman–Crippen LogP) is 3.96.